The molecule has 0 bridgehead atoms. The molecule has 1 aliphatic rings. The summed E-state index contributed by atoms with van der Waals surface area (Å²) in [5, 5.41) is 3.29. The molecule has 0 aliphatic carbocycles. The third kappa shape index (κ3) is 2.21. The lowest BCUT2D eigenvalue weighted by Crippen LogP contribution is -2.54. The van der Waals surface area contributed by atoms with Crippen LogP contribution in [0.1, 0.15) is 12.8 Å². The molecule has 1 fully saturated rings. The van der Waals surface area contributed by atoms with E-state index in [4.69, 9.17) is 16.9 Å². The van der Waals surface area contributed by atoms with Crippen LogP contribution in [-0.2, 0) is 4.74 Å². The van der Waals surface area contributed by atoms with Crippen LogP contribution in [0.3, 0.4) is 0 Å². The minimum Gasteiger partial charge on any atom is -0.381 e. The molecule has 0 aromatic heterocycles. The van der Waals surface area contributed by atoms with Crippen molar-refractivity contribution in [2.45, 2.75) is 18.4 Å². The molecule has 0 aromatic carbocycles. The molecule has 3 nitrogen and oxygen atoms in total. The fraction of sp³-hybridized carbons (Fsp3) is 0.778. The minimum absolute atomic E-state index is 0.0324. The average molecular weight is 168 g/mol. The summed E-state index contributed by atoms with van der Waals surface area (Å²) < 4.78 is 5.26. The van der Waals surface area contributed by atoms with E-state index in [9.17, 15) is 0 Å². The van der Waals surface area contributed by atoms with Crippen molar-refractivity contribution >= 4 is 0 Å². The van der Waals surface area contributed by atoms with Gasteiger partial charge < -0.3 is 10.5 Å². The second-order valence-electron chi connectivity index (χ2n) is 3.15. The van der Waals surface area contributed by atoms with Crippen molar-refractivity contribution in [3.05, 3.63) is 0 Å². The Labute approximate surface area is 73.7 Å². The summed E-state index contributed by atoms with van der Waals surface area (Å²) in [7, 11) is 0. The number of rotatable bonds is 3. The van der Waals surface area contributed by atoms with Crippen LogP contribution >= 0.6 is 0 Å². The molecule has 1 heterocycles. The highest BCUT2D eigenvalue weighted by Crippen LogP contribution is 2.18. The lowest BCUT2D eigenvalue weighted by atomic mass is 9.90. The molecule has 1 aliphatic heterocycles. The Morgan fingerprint density at radius 3 is 2.67 bits per heavy atom. The smallest absolute Gasteiger partial charge is 0.0578 e. The first-order valence-corrected chi connectivity index (χ1v) is 4.29. The molecule has 68 valence electrons. The molecule has 0 aromatic rings. The van der Waals surface area contributed by atoms with Gasteiger partial charge in [0.15, 0.2) is 0 Å². The van der Waals surface area contributed by atoms with E-state index >= 15 is 0 Å². The summed E-state index contributed by atoms with van der Waals surface area (Å²) in [4.78, 5) is 0. The van der Waals surface area contributed by atoms with Gasteiger partial charge in [-0.1, -0.05) is 5.92 Å². The molecule has 1 saturated heterocycles. The number of hydrogen-bond acceptors (Lipinski definition) is 3. The molecule has 0 amide bonds. The summed E-state index contributed by atoms with van der Waals surface area (Å²) >= 11 is 0. The van der Waals surface area contributed by atoms with Crippen LogP contribution in [0.4, 0.5) is 0 Å². The van der Waals surface area contributed by atoms with E-state index < -0.39 is 0 Å². The molecule has 0 atom stereocenters. The van der Waals surface area contributed by atoms with Crippen LogP contribution in [0.2, 0.25) is 0 Å². The van der Waals surface area contributed by atoms with Gasteiger partial charge in [0, 0.05) is 25.3 Å². The van der Waals surface area contributed by atoms with Gasteiger partial charge in [0.1, 0.15) is 0 Å². The zero-order valence-electron chi connectivity index (χ0n) is 7.31. The molecular weight excluding hydrogens is 152 g/mol. The number of nitrogens with one attached hydrogen (secondary N) is 1. The average Bonchev–Trinajstić information content (AvgIpc) is 2.16. The number of ether oxygens (including phenoxy) is 1. The van der Waals surface area contributed by atoms with Crippen molar-refractivity contribution in [3.63, 3.8) is 0 Å². The number of nitrogens with two attached hydrogens (primary N) is 1. The summed E-state index contributed by atoms with van der Waals surface area (Å²) in [6, 6.07) is 0. The summed E-state index contributed by atoms with van der Waals surface area (Å²) in [6.45, 7) is 2.80. The monoisotopic (exact) mass is 168 g/mol. The molecule has 3 heteroatoms. The predicted octanol–water partition coefficient (Wildman–Crippen LogP) is -0.283. The van der Waals surface area contributed by atoms with Crippen LogP contribution in [0.25, 0.3) is 0 Å². The van der Waals surface area contributed by atoms with Gasteiger partial charge >= 0.3 is 0 Å². The van der Waals surface area contributed by atoms with Gasteiger partial charge in [-0.2, -0.15) is 0 Å². The van der Waals surface area contributed by atoms with E-state index in [2.05, 4.69) is 11.2 Å². The Morgan fingerprint density at radius 1 is 1.50 bits per heavy atom. The van der Waals surface area contributed by atoms with Crippen molar-refractivity contribution < 1.29 is 4.74 Å². The lowest BCUT2D eigenvalue weighted by Gasteiger charge is -2.36. The fourth-order valence-electron chi connectivity index (χ4n) is 1.45. The van der Waals surface area contributed by atoms with E-state index in [-0.39, 0.29) is 5.54 Å². The van der Waals surface area contributed by atoms with Crippen LogP contribution < -0.4 is 11.1 Å². The maximum absolute atomic E-state index is 5.69. The van der Waals surface area contributed by atoms with E-state index in [1.54, 1.807) is 0 Å². The Morgan fingerprint density at radius 2 is 2.17 bits per heavy atom. The normalized spacial score (nSPS) is 21.7. The fourth-order valence-corrected chi connectivity index (χ4v) is 1.45. The van der Waals surface area contributed by atoms with Crippen LogP contribution in [0.15, 0.2) is 0 Å². The SMILES string of the molecule is C#CCNC1(CN)CCOCC1. The van der Waals surface area contributed by atoms with Crippen LogP contribution in [0.5, 0.6) is 0 Å². The second kappa shape index (κ2) is 4.46. The third-order valence-corrected chi connectivity index (χ3v) is 2.41. The second-order valence-corrected chi connectivity index (χ2v) is 3.15. The highest BCUT2D eigenvalue weighted by Gasteiger charge is 2.29. The van der Waals surface area contributed by atoms with E-state index in [1.165, 1.54) is 0 Å². The Bertz CT molecular complexity index is 168. The molecule has 3 N–H and O–H groups in total. The topological polar surface area (TPSA) is 47.3 Å². The number of hydrogen-bond donors (Lipinski definition) is 2. The molecule has 0 saturated carbocycles. The highest BCUT2D eigenvalue weighted by molar-refractivity contribution is 4.96. The van der Waals surface area contributed by atoms with Crippen molar-refractivity contribution in [2.24, 2.45) is 5.73 Å². The molecular formula is C9H16N2O. The van der Waals surface area contributed by atoms with Gasteiger partial charge in [-0.3, -0.25) is 5.32 Å². The minimum atomic E-state index is 0.0324. The lowest BCUT2D eigenvalue weighted by molar-refractivity contribution is 0.0431. The molecule has 0 spiro atoms. The van der Waals surface area contributed by atoms with Gasteiger partial charge in [-0.15, -0.1) is 6.42 Å². The van der Waals surface area contributed by atoms with E-state index in [0.29, 0.717) is 13.1 Å². The van der Waals surface area contributed by atoms with Gasteiger partial charge in [-0.05, 0) is 12.8 Å². The van der Waals surface area contributed by atoms with Crippen molar-refractivity contribution in [3.8, 4) is 12.3 Å². The Hall–Kier alpha value is -0.560. The zero-order chi connectivity index (χ0) is 8.86. The van der Waals surface area contributed by atoms with Gasteiger partial charge in [-0.25, -0.2) is 0 Å². The standard InChI is InChI=1S/C9H16N2O/c1-2-5-11-9(8-10)3-6-12-7-4-9/h1,11H,3-8,10H2. The van der Waals surface area contributed by atoms with Gasteiger partial charge in [0.25, 0.3) is 0 Å². The molecule has 1 rings (SSSR count). The summed E-state index contributed by atoms with van der Waals surface area (Å²) in [5.74, 6) is 2.57. The van der Waals surface area contributed by atoms with Crippen LogP contribution in [-0.4, -0.2) is 31.8 Å². The quantitative estimate of drug-likeness (QED) is 0.570. The van der Waals surface area contributed by atoms with E-state index in [1.807, 2.05) is 0 Å². The summed E-state index contributed by atoms with van der Waals surface area (Å²) in [5.41, 5.74) is 5.72. The maximum atomic E-state index is 5.69. The van der Waals surface area contributed by atoms with Gasteiger partial charge in [0.2, 0.25) is 0 Å². The van der Waals surface area contributed by atoms with Crippen molar-refractivity contribution in [1.29, 1.82) is 0 Å². The first-order chi connectivity index (χ1) is 5.83. The highest BCUT2D eigenvalue weighted by atomic mass is 16.5. The first kappa shape index (κ1) is 9.53. The largest absolute Gasteiger partial charge is 0.381 e. The van der Waals surface area contributed by atoms with Crippen LogP contribution in [0, 0.1) is 12.3 Å². The van der Waals surface area contributed by atoms with Gasteiger partial charge in [0.05, 0.1) is 6.54 Å². The van der Waals surface area contributed by atoms with E-state index in [0.717, 1.165) is 26.1 Å². The predicted molar refractivity (Wildman–Crippen MR) is 48.7 cm³/mol. The third-order valence-electron chi connectivity index (χ3n) is 2.41. The number of terminal acetylenes is 1. The Kier molecular flexibility index (Phi) is 3.54. The maximum Gasteiger partial charge on any atom is 0.0578 e. The van der Waals surface area contributed by atoms with Crippen molar-refractivity contribution in [1.82, 2.24) is 5.32 Å². The molecule has 0 radical (unpaired) electrons. The molecule has 0 unspecified atom stereocenters. The Balaban J connectivity index is 2.43. The first-order valence-electron chi connectivity index (χ1n) is 4.29. The summed E-state index contributed by atoms with van der Waals surface area (Å²) in [6.07, 6.45) is 7.10. The molecule has 12 heavy (non-hydrogen) atoms. The van der Waals surface area contributed by atoms with Crippen molar-refractivity contribution in [2.75, 3.05) is 26.3 Å². The zero-order valence-corrected chi connectivity index (χ0v) is 7.31.